The zero-order valence-electron chi connectivity index (χ0n) is 16.2. The Labute approximate surface area is 190 Å². The van der Waals surface area contributed by atoms with Gasteiger partial charge in [-0.05, 0) is 0 Å². The van der Waals surface area contributed by atoms with Crippen molar-refractivity contribution in [3.8, 4) is 11.1 Å². The molecule has 1 N–H and O–H groups in total. The minimum atomic E-state index is -0.924. The van der Waals surface area contributed by atoms with Crippen molar-refractivity contribution >= 4 is 60.2 Å². The molecular weight excluding hydrogens is 522 g/mol. The summed E-state index contributed by atoms with van der Waals surface area (Å²) >= 11 is -0.560. The van der Waals surface area contributed by atoms with Gasteiger partial charge in [-0.15, -0.1) is 0 Å². The van der Waals surface area contributed by atoms with Gasteiger partial charge in [-0.1, -0.05) is 0 Å². The third-order valence-electron chi connectivity index (χ3n) is 5.03. The number of benzene rings is 3. The van der Waals surface area contributed by atoms with E-state index in [0.717, 1.165) is 30.4 Å². The monoisotopic (exact) mass is 540 g/mol. The molecule has 0 bridgehead atoms. The van der Waals surface area contributed by atoms with Crippen molar-refractivity contribution in [2.24, 2.45) is 0 Å². The van der Waals surface area contributed by atoms with E-state index in [1.807, 2.05) is 78.9 Å². The maximum absolute atomic E-state index is 13.2. The first kappa shape index (κ1) is 20.0. The third-order valence-corrected chi connectivity index (χ3v) is 9.88. The van der Waals surface area contributed by atoms with Crippen molar-refractivity contribution in [1.29, 1.82) is 0 Å². The summed E-state index contributed by atoms with van der Waals surface area (Å²) in [5.74, 6) is -1.29. The molecule has 0 aliphatic heterocycles. The number of carboxylic acids is 1. The Kier molecular flexibility index (Phi) is 5.39. The number of fused-ring (bicyclic) bond motifs is 2. The van der Waals surface area contributed by atoms with Gasteiger partial charge in [-0.2, -0.15) is 0 Å². The van der Waals surface area contributed by atoms with Crippen LogP contribution < -0.4 is 0 Å². The fourth-order valence-corrected chi connectivity index (χ4v) is 8.18. The molecule has 0 aliphatic rings. The van der Waals surface area contributed by atoms with Gasteiger partial charge in [0, 0.05) is 0 Å². The number of rotatable bonds is 5. The third kappa shape index (κ3) is 3.69. The molecular formula is C25H16O4Se2. The zero-order valence-corrected chi connectivity index (χ0v) is 19.6. The Morgan fingerprint density at radius 2 is 1.23 bits per heavy atom. The molecule has 0 radical (unpaired) electrons. The van der Waals surface area contributed by atoms with E-state index >= 15 is 0 Å². The van der Waals surface area contributed by atoms with Gasteiger partial charge < -0.3 is 0 Å². The van der Waals surface area contributed by atoms with E-state index in [2.05, 4.69) is 0 Å². The average Bonchev–Trinajstić information content (AvgIpc) is 3.36. The van der Waals surface area contributed by atoms with Crippen molar-refractivity contribution < 1.29 is 19.4 Å². The van der Waals surface area contributed by atoms with E-state index in [1.165, 1.54) is 0 Å². The summed E-state index contributed by atoms with van der Waals surface area (Å²) in [6.07, 6.45) is 0. The molecule has 2 heterocycles. The zero-order chi connectivity index (χ0) is 21.4. The van der Waals surface area contributed by atoms with E-state index in [9.17, 15) is 14.7 Å². The standard InChI is InChI=1S/C25H16O4Se2/c26-24(27)22-20(16-10-4-6-12-18(16)30-22)21-17-11-5-7-13-19(17)31-23(21)25(28)29-14-15-8-2-1-3-9-15/h1-13H,14H2,(H,26,27). The second-order valence-electron chi connectivity index (χ2n) is 6.97. The molecule has 0 saturated heterocycles. The predicted molar refractivity (Wildman–Crippen MR) is 123 cm³/mol. The average molecular weight is 538 g/mol. The number of hydrogen-bond donors (Lipinski definition) is 1. The van der Waals surface area contributed by atoms with Crippen LogP contribution in [0.15, 0.2) is 78.9 Å². The Balaban J connectivity index is 1.69. The van der Waals surface area contributed by atoms with Crippen LogP contribution in [-0.2, 0) is 11.3 Å². The molecule has 0 fully saturated rings. The van der Waals surface area contributed by atoms with Crippen LogP contribution >= 0.6 is 0 Å². The Morgan fingerprint density at radius 1 is 0.710 bits per heavy atom. The summed E-state index contributed by atoms with van der Waals surface area (Å²) in [6, 6.07) is 25.2. The quantitative estimate of drug-likeness (QED) is 0.257. The maximum atomic E-state index is 13.2. The van der Waals surface area contributed by atoms with Crippen molar-refractivity contribution in [2.45, 2.75) is 6.61 Å². The fraction of sp³-hybridized carbons (Fsp3) is 0.0400. The van der Waals surface area contributed by atoms with Gasteiger partial charge in [0.05, 0.1) is 0 Å². The molecule has 0 unspecified atom stereocenters. The molecule has 0 spiro atoms. The SMILES string of the molecule is O=C(O)c1[se]c2ccccc2c1-c1c(C(=O)OCc2ccccc2)[se]c2ccccc12. The number of ether oxygens (including phenoxy) is 1. The summed E-state index contributed by atoms with van der Waals surface area (Å²) in [6.45, 7) is 0.189. The number of carbonyl (C=O) groups is 2. The van der Waals surface area contributed by atoms with Gasteiger partial charge in [-0.25, -0.2) is 0 Å². The van der Waals surface area contributed by atoms with Gasteiger partial charge >= 0.3 is 191 Å². The molecule has 152 valence electrons. The van der Waals surface area contributed by atoms with Crippen molar-refractivity contribution in [2.75, 3.05) is 0 Å². The molecule has 5 rings (SSSR count). The van der Waals surface area contributed by atoms with Crippen LogP contribution in [0.3, 0.4) is 0 Å². The van der Waals surface area contributed by atoms with Crippen molar-refractivity contribution in [3.05, 3.63) is 93.3 Å². The van der Waals surface area contributed by atoms with Crippen LogP contribution in [0.1, 0.15) is 24.0 Å². The summed E-state index contributed by atoms with van der Waals surface area (Å²) in [4.78, 5) is 25.4. The van der Waals surface area contributed by atoms with E-state index in [4.69, 9.17) is 4.74 Å². The molecule has 0 aliphatic carbocycles. The molecule has 31 heavy (non-hydrogen) atoms. The molecule has 4 nitrogen and oxygen atoms in total. The van der Waals surface area contributed by atoms with E-state index in [-0.39, 0.29) is 41.6 Å². The number of carboxylic acid groups (broad SMARTS) is 1. The van der Waals surface area contributed by atoms with Crippen molar-refractivity contribution in [1.82, 2.24) is 0 Å². The Bertz CT molecular complexity index is 1430. The number of esters is 1. The number of aromatic carboxylic acids is 1. The molecule has 2 aromatic heterocycles. The number of carbonyl (C=O) groups excluding carboxylic acids is 1. The van der Waals surface area contributed by atoms with Crippen molar-refractivity contribution in [3.63, 3.8) is 0 Å². The fourth-order valence-electron chi connectivity index (χ4n) is 3.67. The first-order chi connectivity index (χ1) is 15.1. The summed E-state index contributed by atoms with van der Waals surface area (Å²) in [5, 5.41) is 11.8. The van der Waals surface area contributed by atoms with E-state index < -0.39 is 5.97 Å². The molecule has 0 atom stereocenters. The summed E-state index contributed by atoms with van der Waals surface area (Å²) < 4.78 is 8.76. The van der Waals surface area contributed by atoms with Crippen LogP contribution in [0.4, 0.5) is 0 Å². The molecule has 3 aromatic carbocycles. The topological polar surface area (TPSA) is 63.6 Å². The first-order valence-corrected chi connectivity index (χ1v) is 13.0. The first-order valence-electron chi connectivity index (χ1n) is 9.61. The Morgan fingerprint density at radius 3 is 1.84 bits per heavy atom. The van der Waals surface area contributed by atoms with E-state index in [1.54, 1.807) is 0 Å². The second-order valence-corrected chi connectivity index (χ2v) is 11.4. The Hall–Kier alpha value is -2.88. The van der Waals surface area contributed by atoms with Gasteiger partial charge in [0.25, 0.3) is 0 Å². The number of hydrogen-bond acceptors (Lipinski definition) is 3. The van der Waals surface area contributed by atoms with Crippen LogP contribution in [0, 0.1) is 0 Å². The molecule has 0 amide bonds. The minimum absolute atomic E-state index is 0.189. The van der Waals surface area contributed by atoms with E-state index in [0.29, 0.717) is 14.4 Å². The van der Waals surface area contributed by atoms with Gasteiger partial charge in [-0.3, -0.25) is 0 Å². The van der Waals surface area contributed by atoms with Gasteiger partial charge in [0.1, 0.15) is 0 Å². The van der Waals surface area contributed by atoms with Gasteiger partial charge in [0.15, 0.2) is 0 Å². The molecule has 6 heteroatoms. The predicted octanol–water partition coefficient (Wildman–Crippen LogP) is 4.83. The normalized spacial score (nSPS) is 11.1. The molecule has 0 saturated carbocycles. The van der Waals surface area contributed by atoms with Gasteiger partial charge in [0.2, 0.25) is 0 Å². The molecule has 5 aromatic rings. The van der Waals surface area contributed by atoms with Crippen LogP contribution in [-0.4, -0.2) is 46.1 Å². The summed E-state index contributed by atoms with van der Waals surface area (Å²) in [7, 11) is 0. The summed E-state index contributed by atoms with van der Waals surface area (Å²) in [5.41, 5.74) is 2.33. The van der Waals surface area contributed by atoms with Crippen LogP contribution in [0.2, 0.25) is 0 Å². The van der Waals surface area contributed by atoms with Crippen LogP contribution in [0.25, 0.3) is 30.4 Å². The second kappa shape index (κ2) is 8.33. The van der Waals surface area contributed by atoms with Crippen LogP contribution in [0.5, 0.6) is 0 Å².